The van der Waals surface area contributed by atoms with E-state index in [-0.39, 0.29) is 24.1 Å². The van der Waals surface area contributed by atoms with Crippen molar-refractivity contribution in [3.8, 4) is 5.75 Å². The number of nitrogens with one attached hydrogen (secondary N) is 2. The van der Waals surface area contributed by atoms with Crippen LogP contribution in [0.3, 0.4) is 0 Å². The van der Waals surface area contributed by atoms with Crippen molar-refractivity contribution in [3.63, 3.8) is 0 Å². The number of ether oxygens (including phenoxy) is 2. The molecule has 0 radical (unpaired) electrons. The second-order valence-electron chi connectivity index (χ2n) is 6.93. The molecule has 0 unspecified atom stereocenters. The molecular formula is C22H26FN3O4. The van der Waals surface area contributed by atoms with E-state index < -0.39 is 11.7 Å². The van der Waals surface area contributed by atoms with Crippen molar-refractivity contribution in [2.45, 2.75) is 6.04 Å². The second-order valence-corrected chi connectivity index (χ2v) is 6.93. The molecule has 1 aliphatic rings. The van der Waals surface area contributed by atoms with Crippen LogP contribution in [0.15, 0.2) is 48.5 Å². The number of morpholine rings is 1. The Bertz CT molecular complexity index is 854. The molecule has 30 heavy (non-hydrogen) atoms. The van der Waals surface area contributed by atoms with Crippen molar-refractivity contribution >= 4 is 11.8 Å². The Kier molecular flexibility index (Phi) is 7.75. The van der Waals surface area contributed by atoms with E-state index in [1.807, 2.05) is 24.3 Å². The molecule has 0 spiro atoms. The Hall–Kier alpha value is -2.97. The fourth-order valence-corrected chi connectivity index (χ4v) is 3.34. The third-order valence-corrected chi connectivity index (χ3v) is 4.98. The van der Waals surface area contributed by atoms with E-state index in [1.54, 1.807) is 7.11 Å². The molecule has 7 nitrogen and oxygen atoms in total. The number of amides is 2. The molecule has 1 fully saturated rings. The summed E-state index contributed by atoms with van der Waals surface area (Å²) >= 11 is 0. The van der Waals surface area contributed by atoms with Gasteiger partial charge in [-0.2, -0.15) is 0 Å². The van der Waals surface area contributed by atoms with Gasteiger partial charge in [-0.3, -0.25) is 14.5 Å². The van der Waals surface area contributed by atoms with Crippen LogP contribution in [-0.2, 0) is 9.53 Å². The minimum Gasteiger partial charge on any atom is -0.497 e. The number of hydrogen-bond donors (Lipinski definition) is 2. The summed E-state index contributed by atoms with van der Waals surface area (Å²) in [5.74, 6) is -0.542. The fourth-order valence-electron chi connectivity index (χ4n) is 3.34. The SMILES string of the molecule is COc1ccc([C@H](CNC(=O)CNC(=O)c2cccc(F)c2)N2CCOCC2)cc1. The van der Waals surface area contributed by atoms with Crippen LogP contribution in [0.5, 0.6) is 5.75 Å². The molecule has 1 saturated heterocycles. The molecule has 0 aliphatic carbocycles. The van der Waals surface area contributed by atoms with Crippen LogP contribution >= 0.6 is 0 Å². The second kappa shape index (κ2) is 10.7. The van der Waals surface area contributed by atoms with Crippen molar-refractivity contribution in [1.29, 1.82) is 0 Å². The van der Waals surface area contributed by atoms with Gasteiger partial charge in [0.25, 0.3) is 5.91 Å². The summed E-state index contributed by atoms with van der Waals surface area (Å²) in [5.41, 5.74) is 1.23. The quantitative estimate of drug-likeness (QED) is 0.687. The standard InChI is InChI=1S/C22H26FN3O4/c1-29-19-7-5-16(6-8-19)20(26-9-11-30-12-10-26)14-24-21(27)15-25-22(28)17-3-2-4-18(23)13-17/h2-8,13,20H,9-12,14-15H2,1H3,(H,24,27)(H,25,28)/t20-/m0/s1. The number of carbonyl (C=O) groups is 2. The highest BCUT2D eigenvalue weighted by molar-refractivity contribution is 5.96. The zero-order valence-corrected chi connectivity index (χ0v) is 16.9. The smallest absolute Gasteiger partial charge is 0.251 e. The first-order valence-corrected chi connectivity index (χ1v) is 9.83. The highest BCUT2D eigenvalue weighted by Crippen LogP contribution is 2.23. The zero-order valence-electron chi connectivity index (χ0n) is 16.9. The lowest BCUT2D eigenvalue weighted by atomic mass is 10.0. The van der Waals surface area contributed by atoms with Gasteiger partial charge in [-0.1, -0.05) is 18.2 Å². The van der Waals surface area contributed by atoms with Crippen LogP contribution in [0.2, 0.25) is 0 Å². The van der Waals surface area contributed by atoms with Gasteiger partial charge >= 0.3 is 0 Å². The van der Waals surface area contributed by atoms with Crippen LogP contribution in [0.25, 0.3) is 0 Å². The maximum Gasteiger partial charge on any atom is 0.251 e. The average molecular weight is 415 g/mol. The number of methoxy groups -OCH3 is 1. The summed E-state index contributed by atoms with van der Waals surface area (Å²) in [6, 6.07) is 13.1. The van der Waals surface area contributed by atoms with Gasteiger partial charge in [-0.05, 0) is 35.9 Å². The van der Waals surface area contributed by atoms with E-state index in [0.717, 1.165) is 30.5 Å². The molecule has 3 rings (SSSR count). The van der Waals surface area contributed by atoms with Gasteiger partial charge in [0, 0.05) is 25.2 Å². The molecule has 2 amide bonds. The molecule has 2 N–H and O–H groups in total. The summed E-state index contributed by atoms with van der Waals surface area (Å²) in [7, 11) is 1.62. The van der Waals surface area contributed by atoms with Crippen molar-refractivity contribution < 1.29 is 23.5 Å². The summed E-state index contributed by atoms with van der Waals surface area (Å²) in [6.07, 6.45) is 0. The number of benzene rings is 2. The van der Waals surface area contributed by atoms with E-state index in [2.05, 4.69) is 15.5 Å². The highest BCUT2D eigenvalue weighted by Gasteiger charge is 2.23. The van der Waals surface area contributed by atoms with Crippen molar-refractivity contribution in [2.24, 2.45) is 0 Å². The molecular weight excluding hydrogens is 389 g/mol. The highest BCUT2D eigenvalue weighted by atomic mass is 19.1. The Labute approximate surface area is 175 Å². The molecule has 0 bridgehead atoms. The average Bonchev–Trinajstić information content (AvgIpc) is 2.78. The third-order valence-electron chi connectivity index (χ3n) is 4.98. The molecule has 1 atom stereocenters. The van der Waals surface area contributed by atoms with Crippen LogP contribution in [0.4, 0.5) is 4.39 Å². The van der Waals surface area contributed by atoms with Gasteiger partial charge in [0.15, 0.2) is 0 Å². The number of nitrogens with zero attached hydrogens (tertiary/aromatic N) is 1. The fraction of sp³-hybridized carbons (Fsp3) is 0.364. The molecule has 160 valence electrons. The van der Waals surface area contributed by atoms with E-state index in [4.69, 9.17) is 9.47 Å². The lowest BCUT2D eigenvalue weighted by Gasteiger charge is -2.35. The monoisotopic (exact) mass is 415 g/mol. The molecule has 0 aromatic heterocycles. The van der Waals surface area contributed by atoms with Crippen LogP contribution in [0, 0.1) is 5.82 Å². The van der Waals surface area contributed by atoms with E-state index in [1.165, 1.54) is 18.2 Å². The first kappa shape index (κ1) is 21.7. The molecule has 1 heterocycles. The molecule has 0 saturated carbocycles. The number of halogens is 1. The molecule has 2 aromatic rings. The van der Waals surface area contributed by atoms with Crippen molar-refractivity contribution in [1.82, 2.24) is 15.5 Å². The topological polar surface area (TPSA) is 79.9 Å². The Morgan fingerprint density at radius 3 is 2.53 bits per heavy atom. The maximum atomic E-state index is 13.2. The normalized spacial score (nSPS) is 15.3. The predicted octanol–water partition coefficient (Wildman–Crippen LogP) is 1.75. The minimum atomic E-state index is -0.500. The largest absolute Gasteiger partial charge is 0.497 e. The van der Waals surface area contributed by atoms with Gasteiger partial charge in [-0.25, -0.2) is 4.39 Å². The Balaban J connectivity index is 1.57. The van der Waals surface area contributed by atoms with E-state index in [0.29, 0.717) is 19.8 Å². The summed E-state index contributed by atoms with van der Waals surface area (Å²) < 4.78 is 23.9. The first-order valence-electron chi connectivity index (χ1n) is 9.83. The molecule has 1 aliphatic heterocycles. The van der Waals surface area contributed by atoms with Crippen LogP contribution < -0.4 is 15.4 Å². The maximum absolute atomic E-state index is 13.2. The zero-order chi connectivity index (χ0) is 21.3. The number of carbonyl (C=O) groups excluding carboxylic acids is 2. The predicted molar refractivity (Wildman–Crippen MR) is 110 cm³/mol. The van der Waals surface area contributed by atoms with E-state index in [9.17, 15) is 14.0 Å². The Morgan fingerprint density at radius 2 is 1.87 bits per heavy atom. The van der Waals surface area contributed by atoms with E-state index >= 15 is 0 Å². The molecule has 2 aromatic carbocycles. The van der Waals surface area contributed by atoms with Gasteiger partial charge in [0.2, 0.25) is 5.91 Å². The third kappa shape index (κ3) is 6.01. The number of rotatable bonds is 8. The molecule has 8 heteroatoms. The Morgan fingerprint density at radius 1 is 1.13 bits per heavy atom. The minimum absolute atomic E-state index is 0.0253. The van der Waals surface area contributed by atoms with Crippen LogP contribution in [-0.4, -0.2) is 63.2 Å². The van der Waals surface area contributed by atoms with Gasteiger partial charge in [0.1, 0.15) is 11.6 Å². The number of hydrogen-bond acceptors (Lipinski definition) is 5. The van der Waals surface area contributed by atoms with Crippen LogP contribution in [0.1, 0.15) is 22.0 Å². The summed E-state index contributed by atoms with van der Waals surface area (Å²) in [6.45, 7) is 3.02. The lowest BCUT2D eigenvalue weighted by molar-refractivity contribution is -0.120. The van der Waals surface area contributed by atoms with Crippen molar-refractivity contribution in [2.75, 3.05) is 46.5 Å². The van der Waals surface area contributed by atoms with Crippen molar-refractivity contribution in [3.05, 3.63) is 65.5 Å². The van der Waals surface area contributed by atoms with Gasteiger partial charge in [-0.15, -0.1) is 0 Å². The summed E-state index contributed by atoms with van der Waals surface area (Å²) in [5, 5.41) is 5.40. The first-order chi connectivity index (χ1) is 14.6. The lowest BCUT2D eigenvalue weighted by Crippen LogP contribution is -2.45. The van der Waals surface area contributed by atoms with Gasteiger partial charge < -0.3 is 20.1 Å². The van der Waals surface area contributed by atoms with Gasteiger partial charge in [0.05, 0.1) is 32.9 Å². The summed E-state index contributed by atoms with van der Waals surface area (Å²) in [4.78, 5) is 26.6.